The lowest BCUT2D eigenvalue weighted by Crippen LogP contribution is -2.00. The second-order valence-corrected chi connectivity index (χ2v) is 6.59. The van der Waals surface area contributed by atoms with E-state index in [0.717, 1.165) is 20.2 Å². The maximum Gasteiger partial charge on any atom is 0.124 e. The van der Waals surface area contributed by atoms with Gasteiger partial charge in [0.05, 0.1) is 0 Å². The summed E-state index contributed by atoms with van der Waals surface area (Å²) >= 11 is 9.11. The average molecular weight is 485 g/mol. The lowest BCUT2D eigenvalue weighted by Gasteiger charge is -2.09. The normalized spacial score (nSPS) is 10.4. The molecule has 0 bridgehead atoms. The number of hydrogen-bond acceptors (Lipinski definition) is 1. The Morgan fingerprint density at radius 2 is 1.83 bits per heavy atom. The van der Waals surface area contributed by atoms with Crippen LogP contribution in [0.4, 0.5) is 10.1 Å². The summed E-state index contributed by atoms with van der Waals surface area (Å²) in [6.07, 6.45) is 0. The molecule has 0 unspecified atom stereocenters. The van der Waals surface area contributed by atoms with E-state index in [1.165, 1.54) is 15.7 Å². The van der Waals surface area contributed by atoms with Crippen molar-refractivity contribution in [2.75, 3.05) is 5.32 Å². The van der Waals surface area contributed by atoms with Crippen molar-refractivity contribution >= 4 is 60.1 Å². The van der Waals surface area contributed by atoms with Gasteiger partial charge in [-0.25, -0.2) is 4.39 Å². The molecule has 2 rings (SSSR count). The summed E-state index contributed by atoms with van der Waals surface area (Å²) in [4.78, 5) is 0. The highest BCUT2D eigenvalue weighted by Gasteiger charge is 2.02. The number of nitrogens with one attached hydrogen (secondary N) is 1. The lowest BCUT2D eigenvalue weighted by atomic mass is 10.2. The SMILES string of the molecule is Fc1ccc(CNc2ccc(I)c(Br)c2)c(Br)c1. The Morgan fingerprint density at radius 3 is 2.50 bits per heavy atom. The van der Waals surface area contributed by atoms with Gasteiger partial charge in [-0.05, 0) is 74.4 Å². The number of rotatable bonds is 3. The third-order valence-electron chi connectivity index (χ3n) is 2.42. The van der Waals surface area contributed by atoms with Gasteiger partial charge in [-0.3, -0.25) is 0 Å². The summed E-state index contributed by atoms with van der Waals surface area (Å²) in [5.41, 5.74) is 2.05. The first-order chi connectivity index (χ1) is 8.56. The molecule has 94 valence electrons. The molecule has 5 heteroatoms. The number of halogens is 4. The summed E-state index contributed by atoms with van der Waals surface area (Å²) in [5.74, 6) is -0.234. The maximum absolute atomic E-state index is 13.0. The van der Waals surface area contributed by atoms with Crippen LogP contribution in [-0.4, -0.2) is 0 Å². The molecule has 0 radical (unpaired) electrons. The van der Waals surface area contributed by atoms with Gasteiger partial charge in [-0.1, -0.05) is 22.0 Å². The largest absolute Gasteiger partial charge is 0.381 e. The molecule has 0 heterocycles. The quantitative estimate of drug-likeness (QED) is 0.562. The summed E-state index contributed by atoms with van der Waals surface area (Å²) in [5, 5.41) is 3.30. The van der Waals surface area contributed by atoms with Crippen molar-refractivity contribution in [2.24, 2.45) is 0 Å². The first-order valence-electron chi connectivity index (χ1n) is 5.19. The van der Waals surface area contributed by atoms with Crippen LogP contribution < -0.4 is 5.32 Å². The third-order valence-corrected chi connectivity index (χ3v) is 5.49. The van der Waals surface area contributed by atoms with Gasteiger partial charge in [-0.2, -0.15) is 0 Å². The van der Waals surface area contributed by atoms with Gasteiger partial charge in [-0.15, -0.1) is 0 Å². The number of benzene rings is 2. The number of hydrogen-bond donors (Lipinski definition) is 1. The summed E-state index contributed by atoms with van der Waals surface area (Å²) in [6.45, 7) is 0.647. The molecule has 1 nitrogen and oxygen atoms in total. The van der Waals surface area contributed by atoms with Crippen LogP contribution in [0.25, 0.3) is 0 Å². The summed E-state index contributed by atoms with van der Waals surface area (Å²) in [7, 11) is 0. The molecule has 0 amide bonds. The molecule has 0 fully saturated rings. The Morgan fingerprint density at radius 1 is 1.06 bits per heavy atom. The van der Waals surface area contributed by atoms with Gasteiger partial charge in [0.15, 0.2) is 0 Å². The standard InChI is InChI=1S/C13H9Br2FIN/c14-11-5-9(16)2-1-8(11)7-18-10-3-4-13(17)12(15)6-10/h1-6,18H,7H2. The Balaban J connectivity index is 2.09. The molecule has 0 aliphatic heterocycles. The monoisotopic (exact) mass is 483 g/mol. The fraction of sp³-hybridized carbons (Fsp3) is 0.0769. The minimum Gasteiger partial charge on any atom is -0.381 e. The Labute approximate surface area is 136 Å². The highest BCUT2D eigenvalue weighted by atomic mass is 127. The predicted octanol–water partition coefficient (Wildman–Crippen LogP) is 5.57. The highest BCUT2D eigenvalue weighted by Crippen LogP contribution is 2.24. The Kier molecular flexibility index (Phi) is 5.03. The van der Waals surface area contributed by atoms with E-state index in [2.05, 4.69) is 59.8 Å². The van der Waals surface area contributed by atoms with Crippen LogP contribution in [0.1, 0.15) is 5.56 Å². The molecule has 0 spiro atoms. The van der Waals surface area contributed by atoms with E-state index in [4.69, 9.17) is 0 Å². The van der Waals surface area contributed by atoms with Crippen LogP contribution in [0.15, 0.2) is 45.3 Å². The molecule has 0 saturated carbocycles. The van der Waals surface area contributed by atoms with Crippen molar-refractivity contribution < 1.29 is 4.39 Å². The van der Waals surface area contributed by atoms with E-state index in [1.54, 1.807) is 6.07 Å². The minimum atomic E-state index is -0.234. The van der Waals surface area contributed by atoms with Crippen molar-refractivity contribution in [1.82, 2.24) is 0 Å². The molecule has 2 aromatic carbocycles. The molecular weight excluding hydrogens is 476 g/mol. The molecule has 0 saturated heterocycles. The van der Waals surface area contributed by atoms with Gasteiger partial charge in [0.2, 0.25) is 0 Å². The van der Waals surface area contributed by atoms with Crippen LogP contribution >= 0.6 is 54.5 Å². The van der Waals surface area contributed by atoms with Gasteiger partial charge < -0.3 is 5.32 Å². The molecule has 0 atom stereocenters. The molecule has 2 aromatic rings. The molecular formula is C13H9Br2FIN. The second kappa shape index (κ2) is 6.34. The van der Waals surface area contributed by atoms with E-state index in [0.29, 0.717) is 6.54 Å². The van der Waals surface area contributed by atoms with Crippen LogP contribution in [0.3, 0.4) is 0 Å². The molecule has 0 aliphatic carbocycles. The second-order valence-electron chi connectivity index (χ2n) is 3.72. The first kappa shape index (κ1) is 14.3. The summed E-state index contributed by atoms with van der Waals surface area (Å²) < 4.78 is 16.0. The van der Waals surface area contributed by atoms with Crippen molar-refractivity contribution in [2.45, 2.75) is 6.54 Å². The highest BCUT2D eigenvalue weighted by molar-refractivity contribution is 14.1. The van der Waals surface area contributed by atoms with E-state index in [9.17, 15) is 4.39 Å². The molecule has 18 heavy (non-hydrogen) atoms. The van der Waals surface area contributed by atoms with E-state index >= 15 is 0 Å². The molecule has 0 aliphatic rings. The molecule has 1 N–H and O–H groups in total. The third kappa shape index (κ3) is 3.68. The van der Waals surface area contributed by atoms with Crippen LogP contribution in [0.5, 0.6) is 0 Å². The van der Waals surface area contributed by atoms with Crippen molar-refractivity contribution in [3.8, 4) is 0 Å². The minimum absolute atomic E-state index is 0.234. The van der Waals surface area contributed by atoms with Crippen LogP contribution in [0, 0.1) is 9.39 Å². The van der Waals surface area contributed by atoms with Gasteiger partial charge >= 0.3 is 0 Å². The zero-order valence-corrected chi connectivity index (χ0v) is 14.5. The van der Waals surface area contributed by atoms with Crippen molar-refractivity contribution in [1.29, 1.82) is 0 Å². The van der Waals surface area contributed by atoms with Crippen molar-refractivity contribution in [3.05, 3.63) is 60.3 Å². The number of anilines is 1. The fourth-order valence-corrected chi connectivity index (χ4v) is 2.67. The van der Waals surface area contributed by atoms with E-state index < -0.39 is 0 Å². The van der Waals surface area contributed by atoms with E-state index in [-0.39, 0.29) is 5.82 Å². The topological polar surface area (TPSA) is 12.0 Å². The average Bonchev–Trinajstić information content (AvgIpc) is 2.32. The Hall–Kier alpha value is -0.140. The zero-order chi connectivity index (χ0) is 13.1. The van der Waals surface area contributed by atoms with Gasteiger partial charge in [0.1, 0.15) is 5.82 Å². The van der Waals surface area contributed by atoms with E-state index in [1.807, 2.05) is 18.2 Å². The maximum atomic E-state index is 13.0. The fourth-order valence-electron chi connectivity index (χ4n) is 1.47. The van der Waals surface area contributed by atoms with Gasteiger partial charge in [0.25, 0.3) is 0 Å². The van der Waals surface area contributed by atoms with Crippen LogP contribution in [0.2, 0.25) is 0 Å². The van der Waals surface area contributed by atoms with Crippen LogP contribution in [-0.2, 0) is 6.54 Å². The van der Waals surface area contributed by atoms with Gasteiger partial charge in [0, 0.05) is 24.7 Å². The predicted molar refractivity (Wildman–Crippen MR) is 88.3 cm³/mol. The smallest absolute Gasteiger partial charge is 0.124 e. The Bertz CT molecular complexity index is 575. The van der Waals surface area contributed by atoms with Crippen molar-refractivity contribution in [3.63, 3.8) is 0 Å². The zero-order valence-electron chi connectivity index (χ0n) is 9.18. The summed E-state index contributed by atoms with van der Waals surface area (Å²) in [6, 6.07) is 10.8. The molecule has 0 aromatic heterocycles. The first-order valence-corrected chi connectivity index (χ1v) is 7.85. The lowest BCUT2D eigenvalue weighted by molar-refractivity contribution is 0.626.